The van der Waals surface area contributed by atoms with Gasteiger partial charge in [0.05, 0.1) is 11.4 Å². The predicted molar refractivity (Wildman–Crippen MR) is 133 cm³/mol. The van der Waals surface area contributed by atoms with Crippen LogP contribution in [-0.4, -0.2) is 38.2 Å². The van der Waals surface area contributed by atoms with Crippen LogP contribution < -0.4 is 0 Å². The van der Waals surface area contributed by atoms with Gasteiger partial charge >= 0.3 is 0 Å². The van der Waals surface area contributed by atoms with Crippen LogP contribution >= 0.6 is 0 Å². The van der Waals surface area contributed by atoms with E-state index < -0.39 is 0 Å². The molecule has 0 atom stereocenters. The summed E-state index contributed by atoms with van der Waals surface area (Å²) in [5.41, 5.74) is 7.57. The Morgan fingerprint density at radius 3 is 2.64 bits per heavy atom. The van der Waals surface area contributed by atoms with Crippen LogP contribution in [-0.2, 0) is 26.1 Å². The van der Waals surface area contributed by atoms with Gasteiger partial charge in [-0.05, 0) is 36.5 Å². The summed E-state index contributed by atoms with van der Waals surface area (Å²) in [6.45, 7) is 4.68. The number of hydrogen-bond donors (Lipinski definition) is 0. The molecule has 6 rings (SSSR count). The first-order valence-electron chi connectivity index (χ1n) is 12.0. The Balaban J connectivity index is 1.22. The lowest BCUT2D eigenvalue weighted by atomic mass is 10.0. The zero-order chi connectivity index (χ0) is 22.0. The molecule has 0 spiro atoms. The van der Waals surface area contributed by atoms with E-state index in [2.05, 4.69) is 80.2 Å². The molecule has 166 valence electrons. The monoisotopic (exact) mass is 435 g/mol. The fourth-order valence-electron chi connectivity index (χ4n) is 5.13. The van der Waals surface area contributed by atoms with Gasteiger partial charge < -0.3 is 4.57 Å². The van der Waals surface area contributed by atoms with E-state index in [0.717, 1.165) is 57.1 Å². The summed E-state index contributed by atoms with van der Waals surface area (Å²) in [6, 6.07) is 19.5. The molecule has 2 aliphatic heterocycles. The van der Waals surface area contributed by atoms with Crippen molar-refractivity contribution in [2.24, 2.45) is 4.99 Å². The highest BCUT2D eigenvalue weighted by atomic mass is 15.1. The minimum Gasteiger partial charge on any atom is -0.343 e. The molecule has 0 unspecified atom stereocenters. The first-order valence-corrected chi connectivity index (χ1v) is 12.0. The zero-order valence-corrected chi connectivity index (χ0v) is 19.0. The van der Waals surface area contributed by atoms with Gasteiger partial charge in [-0.1, -0.05) is 48.5 Å². The van der Waals surface area contributed by atoms with Crippen LogP contribution in [0.4, 0.5) is 0 Å². The molecule has 0 N–H and O–H groups in total. The number of nitrogens with zero attached hydrogens (tertiary/aromatic N) is 5. The van der Waals surface area contributed by atoms with E-state index in [4.69, 9.17) is 4.98 Å². The second-order valence-electron chi connectivity index (χ2n) is 9.20. The molecule has 4 aromatic rings. The molecule has 0 bridgehead atoms. The van der Waals surface area contributed by atoms with Gasteiger partial charge in [0, 0.05) is 68.0 Å². The second kappa shape index (κ2) is 8.91. The third kappa shape index (κ3) is 4.21. The molecule has 0 saturated carbocycles. The topological polar surface area (TPSA) is 46.3 Å². The van der Waals surface area contributed by atoms with Gasteiger partial charge in [0.25, 0.3) is 0 Å². The molecular weight excluding hydrogens is 406 g/mol. The lowest BCUT2D eigenvalue weighted by molar-refractivity contribution is 0.243. The zero-order valence-electron chi connectivity index (χ0n) is 19.0. The Morgan fingerprint density at radius 1 is 0.879 bits per heavy atom. The van der Waals surface area contributed by atoms with Crippen LogP contribution in [0.3, 0.4) is 0 Å². The van der Waals surface area contributed by atoms with Crippen molar-refractivity contribution in [3.8, 4) is 0 Å². The lowest BCUT2D eigenvalue weighted by Crippen LogP contribution is -2.31. The van der Waals surface area contributed by atoms with Gasteiger partial charge in [0.1, 0.15) is 0 Å². The van der Waals surface area contributed by atoms with Crippen molar-refractivity contribution in [2.45, 2.75) is 45.3 Å². The third-order valence-electron chi connectivity index (χ3n) is 6.86. The highest BCUT2D eigenvalue weighted by Crippen LogP contribution is 2.26. The summed E-state index contributed by atoms with van der Waals surface area (Å²) in [6.07, 6.45) is 8.75. The van der Waals surface area contributed by atoms with E-state index in [1.54, 1.807) is 0 Å². The smallest absolute Gasteiger partial charge is 0.173 e. The number of benzene rings is 2. The Kier molecular flexibility index (Phi) is 5.48. The third-order valence-corrected chi connectivity index (χ3v) is 6.86. The fraction of sp³-hybridized carbons (Fsp3) is 0.321. The molecule has 0 amide bonds. The van der Waals surface area contributed by atoms with Crippen LogP contribution in [0, 0.1) is 0 Å². The summed E-state index contributed by atoms with van der Waals surface area (Å²) in [5, 5.41) is 1.35. The minimum absolute atomic E-state index is 0.853. The Morgan fingerprint density at radius 2 is 1.76 bits per heavy atom. The number of hydrogen-bond acceptors (Lipinski definition) is 4. The van der Waals surface area contributed by atoms with Crippen LogP contribution in [0.15, 0.2) is 72.0 Å². The number of fused-ring (bicyclic) bond motifs is 2. The van der Waals surface area contributed by atoms with Gasteiger partial charge in [-0.2, -0.15) is 0 Å². The van der Waals surface area contributed by atoms with E-state index in [9.17, 15) is 0 Å². The molecule has 2 aromatic heterocycles. The number of aliphatic imine (C=N–C) groups is 1. The van der Waals surface area contributed by atoms with Gasteiger partial charge in [0.15, 0.2) is 5.82 Å². The average Bonchev–Trinajstić information content (AvgIpc) is 3.22. The molecule has 0 saturated heterocycles. The van der Waals surface area contributed by atoms with E-state index in [-0.39, 0.29) is 0 Å². The fourth-order valence-corrected chi connectivity index (χ4v) is 5.13. The normalized spacial score (nSPS) is 16.5. The maximum Gasteiger partial charge on any atom is 0.173 e. The van der Waals surface area contributed by atoms with Crippen LogP contribution in [0.25, 0.3) is 10.9 Å². The van der Waals surface area contributed by atoms with Crippen LogP contribution in [0.2, 0.25) is 0 Å². The van der Waals surface area contributed by atoms with Crippen molar-refractivity contribution in [1.29, 1.82) is 0 Å². The number of aromatic nitrogens is 3. The highest BCUT2D eigenvalue weighted by molar-refractivity contribution is 5.97. The predicted octanol–water partition coefficient (Wildman–Crippen LogP) is 5.01. The summed E-state index contributed by atoms with van der Waals surface area (Å²) in [5.74, 6) is 0.853. The maximum atomic E-state index is 4.91. The van der Waals surface area contributed by atoms with Gasteiger partial charge in [-0.25, -0.2) is 9.97 Å². The Bertz CT molecular complexity index is 1300. The molecule has 0 fully saturated rings. The Hall–Kier alpha value is -3.31. The SMILES string of the molecule is c1ccc(Cn2cc(CN3CCc4nc(C5=NCCCC5)ncc4C3)c3ccccc32)cc1. The first kappa shape index (κ1) is 20.3. The van der Waals surface area contributed by atoms with Crippen molar-refractivity contribution >= 4 is 16.6 Å². The highest BCUT2D eigenvalue weighted by Gasteiger charge is 2.21. The summed E-state index contributed by atoms with van der Waals surface area (Å²) in [4.78, 5) is 16.8. The van der Waals surface area contributed by atoms with E-state index in [1.165, 1.54) is 46.1 Å². The van der Waals surface area contributed by atoms with Crippen molar-refractivity contribution in [3.05, 3.63) is 95.2 Å². The van der Waals surface area contributed by atoms with Crippen molar-refractivity contribution in [3.63, 3.8) is 0 Å². The molecule has 5 heteroatoms. The molecule has 5 nitrogen and oxygen atoms in total. The molecule has 0 radical (unpaired) electrons. The van der Waals surface area contributed by atoms with Crippen molar-refractivity contribution in [1.82, 2.24) is 19.4 Å². The molecular formula is C28H29N5. The molecule has 2 aromatic carbocycles. The van der Waals surface area contributed by atoms with Gasteiger partial charge in [-0.15, -0.1) is 0 Å². The Labute approximate surface area is 194 Å². The molecule has 2 aliphatic rings. The molecule has 33 heavy (non-hydrogen) atoms. The van der Waals surface area contributed by atoms with Crippen molar-refractivity contribution < 1.29 is 0 Å². The van der Waals surface area contributed by atoms with Crippen LogP contribution in [0.5, 0.6) is 0 Å². The quantitative estimate of drug-likeness (QED) is 0.443. The average molecular weight is 436 g/mol. The van der Waals surface area contributed by atoms with E-state index in [1.807, 2.05) is 6.20 Å². The van der Waals surface area contributed by atoms with Gasteiger partial charge in [-0.3, -0.25) is 9.89 Å². The molecule has 0 aliphatic carbocycles. The lowest BCUT2D eigenvalue weighted by Gasteiger charge is -2.28. The largest absolute Gasteiger partial charge is 0.343 e. The minimum atomic E-state index is 0.853. The first-order chi connectivity index (χ1) is 16.3. The summed E-state index contributed by atoms with van der Waals surface area (Å²) >= 11 is 0. The standard InChI is InChI=1S/C28H29N5/c1-2-8-21(9-3-1)17-33-20-23(24-10-4-5-12-27(24)33)19-32-15-13-25-22(18-32)16-30-28(31-25)26-11-6-7-14-29-26/h1-5,8-10,12,16,20H,6-7,11,13-15,17-19H2. The summed E-state index contributed by atoms with van der Waals surface area (Å²) in [7, 11) is 0. The van der Waals surface area contributed by atoms with Crippen molar-refractivity contribution in [2.75, 3.05) is 13.1 Å². The maximum absolute atomic E-state index is 4.91. The van der Waals surface area contributed by atoms with E-state index >= 15 is 0 Å². The number of para-hydroxylation sites is 1. The second-order valence-corrected chi connectivity index (χ2v) is 9.20. The van der Waals surface area contributed by atoms with Gasteiger partial charge in [0.2, 0.25) is 0 Å². The summed E-state index contributed by atoms with van der Waals surface area (Å²) < 4.78 is 2.39. The van der Waals surface area contributed by atoms with Crippen LogP contribution in [0.1, 0.15) is 47.5 Å². The number of rotatable bonds is 5. The van der Waals surface area contributed by atoms with E-state index in [0.29, 0.717) is 0 Å². The molecule has 4 heterocycles.